The van der Waals surface area contributed by atoms with Crippen LogP contribution in [-0.4, -0.2) is 29.3 Å². The molecule has 0 bridgehead atoms. The van der Waals surface area contributed by atoms with E-state index in [1.54, 1.807) is 0 Å². The fourth-order valence-corrected chi connectivity index (χ4v) is 1.91. The van der Waals surface area contributed by atoms with Crippen LogP contribution in [0, 0.1) is 27.3 Å². The number of anilines is 1. The second-order valence-electron chi connectivity index (χ2n) is 4.90. The quantitative estimate of drug-likeness (QED) is 0.596. The molecule has 1 unspecified atom stereocenters. The van der Waals surface area contributed by atoms with Gasteiger partial charge in [0, 0.05) is 12.6 Å². The Kier molecular flexibility index (Phi) is 5.65. The summed E-state index contributed by atoms with van der Waals surface area (Å²) in [5.74, 6) is 0.0116. The molecule has 0 saturated heterocycles. The molecule has 1 atom stereocenters. The van der Waals surface area contributed by atoms with E-state index in [9.17, 15) is 19.6 Å². The molecule has 0 amide bonds. The van der Waals surface area contributed by atoms with E-state index < -0.39 is 16.8 Å². The molecule has 0 aliphatic heterocycles. The lowest BCUT2D eigenvalue weighted by Crippen LogP contribution is -2.26. The first-order valence-electron chi connectivity index (χ1n) is 6.98. The van der Waals surface area contributed by atoms with E-state index in [-0.39, 0.29) is 30.1 Å². The zero-order valence-corrected chi connectivity index (χ0v) is 12.5. The minimum absolute atomic E-state index is 0.00787. The SMILES string of the molecule is N#Cc1ccc(NCC(O)COc2ccc(F)cc2)c([N+](=O)[O-])c1. The Bertz CT molecular complexity index is 759. The summed E-state index contributed by atoms with van der Waals surface area (Å²) >= 11 is 0. The molecule has 2 aromatic rings. The summed E-state index contributed by atoms with van der Waals surface area (Å²) in [6, 6.07) is 11.2. The number of halogens is 1. The van der Waals surface area contributed by atoms with E-state index in [4.69, 9.17) is 10.00 Å². The fraction of sp³-hybridized carbons (Fsp3) is 0.188. The van der Waals surface area contributed by atoms with Crippen LogP contribution in [0.2, 0.25) is 0 Å². The predicted molar refractivity (Wildman–Crippen MR) is 84.2 cm³/mol. The summed E-state index contributed by atoms with van der Waals surface area (Å²) in [5.41, 5.74) is 0.118. The minimum Gasteiger partial charge on any atom is -0.491 e. The Morgan fingerprint density at radius 1 is 1.33 bits per heavy atom. The third-order valence-corrected chi connectivity index (χ3v) is 3.11. The van der Waals surface area contributed by atoms with Crippen LogP contribution in [0.1, 0.15) is 5.56 Å². The molecule has 0 heterocycles. The number of nitriles is 1. The van der Waals surface area contributed by atoms with Gasteiger partial charge in [0.2, 0.25) is 0 Å². The van der Waals surface area contributed by atoms with Crippen LogP contribution in [0.4, 0.5) is 15.8 Å². The van der Waals surface area contributed by atoms with Crippen molar-refractivity contribution in [3.63, 3.8) is 0 Å². The number of hydrogen-bond acceptors (Lipinski definition) is 6. The molecule has 24 heavy (non-hydrogen) atoms. The summed E-state index contributed by atoms with van der Waals surface area (Å²) < 4.78 is 18.1. The van der Waals surface area contributed by atoms with E-state index in [0.717, 1.165) is 6.07 Å². The van der Waals surface area contributed by atoms with Crippen LogP contribution < -0.4 is 10.1 Å². The molecule has 0 saturated carbocycles. The second kappa shape index (κ2) is 7.89. The van der Waals surface area contributed by atoms with Crippen molar-refractivity contribution in [2.75, 3.05) is 18.5 Å². The maximum Gasteiger partial charge on any atom is 0.293 e. The van der Waals surface area contributed by atoms with Crippen LogP contribution in [0.3, 0.4) is 0 Å². The Hall–Kier alpha value is -3.18. The largest absolute Gasteiger partial charge is 0.491 e. The van der Waals surface area contributed by atoms with Crippen molar-refractivity contribution < 1.29 is 19.2 Å². The molecule has 0 spiro atoms. The van der Waals surface area contributed by atoms with E-state index in [2.05, 4.69) is 5.32 Å². The van der Waals surface area contributed by atoms with Crippen LogP contribution in [0.25, 0.3) is 0 Å². The Balaban J connectivity index is 1.91. The first kappa shape index (κ1) is 17.2. The van der Waals surface area contributed by atoms with Gasteiger partial charge in [-0.15, -0.1) is 0 Å². The highest BCUT2D eigenvalue weighted by Crippen LogP contribution is 2.25. The molecule has 2 aromatic carbocycles. The van der Waals surface area contributed by atoms with Crippen molar-refractivity contribution in [3.05, 3.63) is 64.0 Å². The number of aliphatic hydroxyl groups excluding tert-OH is 1. The summed E-state index contributed by atoms with van der Waals surface area (Å²) in [6.07, 6.45) is -0.940. The van der Waals surface area contributed by atoms with Gasteiger partial charge in [0.25, 0.3) is 5.69 Å². The molecule has 0 aliphatic carbocycles. The van der Waals surface area contributed by atoms with Gasteiger partial charge in [-0.05, 0) is 36.4 Å². The number of benzene rings is 2. The van der Waals surface area contributed by atoms with Gasteiger partial charge in [-0.25, -0.2) is 4.39 Å². The molecule has 124 valence electrons. The molecular formula is C16H14FN3O4. The summed E-state index contributed by atoms with van der Waals surface area (Å²) in [6.45, 7) is -0.0589. The van der Waals surface area contributed by atoms with Gasteiger partial charge in [-0.3, -0.25) is 10.1 Å². The normalized spacial score (nSPS) is 11.4. The maximum absolute atomic E-state index is 12.8. The van der Waals surface area contributed by atoms with Crippen molar-refractivity contribution in [2.45, 2.75) is 6.10 Å². The van der Waals surface area contributed by atoms with Gasteiger partial charge in [0.15, 0.2) is 0 Å². The van der Waals surface area contributed by atoms with Gasteiger partial charge in [0.1, 0.15) is 30.0 Å². The molecule has 0 aliphatic rings. The van der Waals surface area contributed by atoms with E-state index in [1.165, 1.54) is 36.4 Å². The van der Waals surface area contributed by atoms with Crippen molar-refractivity contribution in [2.24, 2.45) is 0 Å². The second-order valence-corrected chi connectivity index (χ2v) is 4.90. The number of nitrogens with one attached hydrogen (secondary N) is 1. The average molecular weight is 331 g/mol. The topological polar surface area (TPSA) is 108 Å². The molecule has 0 fully saturated rings. The number of hydrogen-bond donors (Lipinski definition) is 2. The molecule has 8 heteroatoms. The summed E-state index contributed by atoms with van der Waals surface area (Å²) in [4.78, 5) is 10.4. The van der Waals surface area contributed by atoms with Gasteiger partial charge >= 0.3 is 0 Å². The average Bonchev–Trinajstić information content (AvgIpc) is 2.59. The predicted octanol–water partition coefficient (Wildman–Crippen LogP) is 2.46. The monoisotopic (exact) mass is 331 g/mol. The van der Waals surface area contributed by atoms with Gasteiger partial charge in [0.05, 0.1) is 16.6 Å². The lowest BCUT2D eigenvalue weighted by Gasteiger charge is -2.14. The highest BCUT2D eigenvalue weighted by molar-refractivity contribution is 5.64. The van der Waals surface area contributed by atoms with Gasteiger partial charge < -0.3 is 15.2 Å². The smallest absolute Gasteiger partial charge is 0.293 e. The van der Waals surface area contributed by atoms with E-state index >= 15 is 0 Å². The Labute approximate surface area is 137 Å². The number of nitro groups is 1. The molecule has 7 nitrogen and oxygen atoms in total. The number of nitro benzene ring substituents is 1. The Morgan fingerprint density at radius 3 is 2.67 bits per heavy atom. The van der Waals surface area contributed by atoms with Crippen LogP contribution in [0.15, 0.2) is 42.5 Å². The third kappa shape index (κ3) is 4.66. The number of ether oxygens (including phenoxy) is 1. The fourth-order valence-electron chi connectivity index (χ4n) is 1.91. The van der Waals surface area contributed by atoms with Crippen molar-refractivity contribution in [1.29, 1.82) is 5.26 Å². The first-order valence-corrected chi connectivity index (χ1v) is 6.98. The van der Waals surface area contributed by atoms with E-state index in [1.807, 2.05) is 6.07 Å². The van der Waals surface area contributed by atoms with Gasteiger partial charge in [-0.2, -0.15) is 5.26 Å². The van der Waals surface area contributed by atoms with Crippen LogP contribution in [-0.2, 0) is 0 Å². The van der Waals surface area contributed by atoms with Crippen molar-refractivity contribution >= 4 is 11.4 Å². The van der Waals surface area contributed by atoms with Crippen LogP contribution in [0.5, 0.6) is 5.75 Å². The lowest BCUT2D eigenvalue weighted by atomic mass is 10.2. The molecule has 2 rings (SSSR count). The summed E-state index contributed by atoms with van der Waals surface area (Å²) in [7, 11) is 0. The molecule has 0 aromatic heterocycles. The standard InChI is InChI=1S/C16H14FN3O4/c17-12-2-4-14(5-3-12)24-10-13(21)9-19-15-6-1-11(8-18)7-16(15)20(22)23/h1-7,13,19,21H,9-10H2. The number of rotatable bonds is 7. The van der Waals surface area contributed by atoms with Gasteiger partial charge in [-0.1, -0.05) is 0 Å². The highest BCUT2D eigenvalue weighted by atomic mass is 19.1. The zero-order valence-electron chi connectivity index (χ0n) is 12.5. The zero-order chi connectivity index (χ0) is 17.5. The Morgan fingerprint density at radius 2 is 2.04 bits per heavy atom. The third-order valence-electron chi connectivity index (χ3n) is 3.11. The molecular weight excluding hydrogens is 317 g/mol. The van der Waals surface area contributed by atoms with Crippen LogP contribution >= 0.6 is 0 Å². The van der Waals surface area contributed by atoms with E-state index in [0.29, 0.717) is 5.75 Å². The van der Waals surface area contributed by atoms with Crippen molar-refractivity contribution in [3.8, 4) is 11.8 Å². The summed E-state index contributed by atoms with van der Waals surface area (Å²) in [5, 5.41) is 32.4. The maximum atomic E-state index is 12.8. The minimum atomic E-state index is -0.940. The highest BCUT2D eigenvalue weighted by Gasteiger charge is 2.15. The number of aliphatic hydroxyl groups is 1. The molecule has 0 radical (unpaired) electrons. The van der Waals surface area contributed by atoms with Crippen molar-refractivity contribution in [1.82, 2.24) is 0 Å². The lowest BCUT2D eigenvalue weighted by molar-refractivity contribution is -0.384. The molecule has 2 N–H and O–H groups in total. The first-order chi connectivity index (χ1) is 11.5. The number of nitrogens with zero attached hydrogens (tertiary/aromatic N) is 2.